The first-order valence-corrected chi connectivity index (χ1v) is 10.7. The highest BCUT2D eigenvalue weighted by Crippen LogP contribution is 2.36. The maximum atomic E-state index is 13.2. The third-order valence-corrected chi connectivity index (χ3v) is 6.21. The van der Waals surface area contributed by atoms with Gasteiger partial charge >= 0.3 is 0 Å². The van der Waals surface area contributed by atoms with Crippen molar-refractivity contribution in [1.82, 2.24) is 5.32 Å². The van der Waals surface area contributed by atoms with Crippen LogP contribution < -0.4 is 10.2 Å². The van der Waals surface area contributed by atoms with Crippen molar-refractivity contribution in [2.75, 3.05) is 17.2 Å². The molecule has 0 atom stereocenters. The largest absolute Gasteiger partial charge is 0.365 e. The number of carbonyl (C=O) groups is 1. The number of benzene rings is 3. The molecule has 148 valence electrons. The van der Waals surface area contributed by atoms with E-state index in [2.05, 4.69) is 10.2 Å². The summed E-state index contributed by atoms with van der Waals surface area (Å²) in [4.78, 5) is 16.2. The number of rotatable bonds is 5. The van der Waals surface area contributed by atoms with Crippen LogP contribution in [0.3, 0.4) is 0 Å². The predicted molar refractivity (Wildman–Crippen MR) is 117 cm³/mol. The molecular weight excluding hydrogens is 383 g/mol. The van der Waals surface area contributed by atoms with Crippen LogP contribution in [0.25, 0.3) is 0 Å². The summed E-state index contributed by atoms with van der Waals surface area (Å²) in [6, 6.07) is 20.6. The minimum absolute atomic E-state index is 0.0756. The van der Waals surface area contributed by atoms with Gasteiger partial charge in [0, 0.05) is 35.8 Å². The van der Waals surface area contributed by atoms with Crippen LogP contribution in [-0.4, -0.2) is 18.2 Å². The van der Waals surface area contributed by atoms with Crippen molar-refractivity contribution in [3.05, 3.63) is 94.8 Å². The van der Waals surface area contributed by atoms with Gasteiger partial charge in [0.15, 0.2) is 0 Å². The molecule has 0 spiro atoms. The average molecular weight is 407 g/mol. The number of anilines is 1. The van der Waals surface area contributed by atoms with Gasteiger partial charge in [-0.3, -0.25) is 4.79 Å². The number of halogens is 1. The predicted octanol–water partition coefficient (Wildman–Crippen LogP) is 5.18. The summed E-state index contributed by atoms with van der Waals surface area (Å²) >= 11 is 1.80. The van der Waals surface area contributed by atoms with Gasteiger partial charge in [0.05, 0.1) is 5.69 Å². The standard InChI is InChI=1S/C24H23FN2OS/c1-17-4-2-3-5-20(17)15-26-24(28)19-8-11-23-22(14-19)27(12-13-29-23)16-18-6-9-21(25)10-7-18/h2-11,14H,12-13,15-16H2,1H3,(H,26,28). The summed E-state index contributed by atoms with van der Waals surface area (Å²) < 4.78 is 13.2. The first-order valence-electron chi connectivity index (χ1n) is 9.69. The summed E-state index contributed by atoms with van der Waals surface area (Å²) in [7, 11) is 0. The van der Waals surface area contributed by atoms with E-state index < -0.39 is 0 Å². The number of aryl methyl sites for hydroxylation is 1. The lowest BCUT2D eigenvalue weighted by molar-refractivity contribution is 0.0951. The van der Waals surface area contributed by atoms with Crippen LogP contribution in [-0.2, 0) is 13.1 Å². The Morgan fingerprint density at radius 2 is 1.90 bits per heavy atom. The normalized spacial score (nSPS) is 13.1. The number of nitrogens with zero attached hydrogens (tertiary/aromatic N) is 1. The second kappa shape index (κ2) is 8.70. The summed E-state index contributed by atoms with van der Waals surface area (Å²) in [5.74, 6) is 0.692. The molecule has 1 heterocycles. The van der Waals surface area contributed by atoms with Crippen LogP contribution in [0.15, 0.2) is 71.6 Å². The summed E-state index contributed by atoms with van der Waals surface area (Å²) in [5, 5.41) is 3.03. The van der Waals surface area contributed by atoms with E-state index in [1.54, 1.807) is 11.8 Å². The molecule has 0 radical (unpaired) electrons. The van der Waals surface area contributed by atoms with Gasteiger partial charge in [0.2, 0.25) is 0 Å². The molecule has 0 bridgehead atoms. The molecule has 1 N–H and O–H groups in total. The van der Waals surface area contributed by atoms with E-state index in [0.717, 1.165) is 29.1 Å². The lowest BCUT2D eigenvalue weighted by Gasteiger charge is -2.31. The van der Waals surface area contributed by atoms with E-state index in [-0.39, 0.29) is 11.7 Å². The van der Waals surface area contributed by atoms with Crippen molar-refractivity contribution >= 4 is 23.4 Å². The number of fused-ring (bicyclic) bond motifs is 1. The van der Waals surface area contributed by atoms with Crippen molar-refractivity contribution in [2.45, 2.75) is 24.9 Å². The fraction of sp³-hybridized carbons (Fsp3) is 0.208. The summed E-state index contributed by atoms with van der Waals surface area (Å²) in [5.41, 5.74) is 5.06. The number of thioether (sulfide) groups is 1. The molecule has 1 aliphatic heterocycles. The monoisotopic (exact) mass is 406 g/mol. The SMILES string of the molecule is Cc1ccccc1CNC(=O)c1ccc2c(c1)N(Cc1ccc(F)cc1)CCS2. The highest BCUT2D eigenvalue weighted by atomic mass is 32.2. The van der Waals surface area contributed by atoms with Crippen molar-refractivity contribution in [3.63, 3.8) is 0 Å². The highest BCUT2D eigenvalue weighted by molar-refractivity contribution is 7.99. The second-order valence-corrected chi connectivity index (χ2v) is 8.32. The van der Waals surface area contributed by atoms with Crippen molar-refractivity contribution in [3.8, 4) is 0 Å². The Kier molecular flexibility index (Phi) is 5.86. The van der Waals surface area contributed by atoms with Gasteiger partial charge < -0.3 is 10.2 Å². The molecule has 1 amide bonds. The van der Waals surface area contributed by atoms with E-state index >= 15 is 0 Å². The Labute approximate surface area is 174 Å². The minimum Gasteiger partial charge on any atom is -0.365 e. The fourth-order valence-electron chi connectivity index (χ4n) is 3.47. The number of carbonyl (C=O) groups excluding carboxylic acids is 1. The molecule has 0 saturated heterocycles. The number of amides is 1. The smallest absolute Gasteiger partial charge is 0.251 e. The molecule has 0 unspecified atom stereocenters. The van der Waals surface area contributed by atoms with Crippen LogP contribution in [0.5, 0.6) is 0 Å². The zero-order valence-electron chi connectivity index (χ0n) is 16.3. The third kappa shape index (κ3) is 4.62. The molecule has 0 aliphatic carbocycles. The Hall–Kier alpha value is -2.79. The summed E-state index contributed by atoms with van der Waals surface area (Å²) in [6.45, 7) is 4.15. The van der Waals surface area contributed by atoms with Gasteiger partial charge in [-0.1, -0.05) is 36.4 Å². The molecule has 29 heavy (non-hydrogen) atoms. The van der Waals surface area contributed by atoms with E-state index in [1.165, 1.54) is 22.6 Å². The van der Waals surface area contributed by atoms with Gasteiger partial charge in [-0.15, -0.1) is 11.8 Å². The maximum absolute atomic E-state index is 13.2. The lowest BCUT2D eigenvalue weighted by Crippen LogP contribution is -2.29. The van der Waals surface area contributed by atoms with Gasteiger partial charge in [-0.05, 0) is 53.9 Å². The zero-order valence-corrected chi connectivity index (χ0v) is 17.1. The Bertz CT molecular complexity index is 1020. The molecule has 3 aromatic carbocycles. The Balaban J connectivity index is 1.50. The van der Waals surface area contributed by atoms with Gasteiger partial charge in [-0.25, -0.2) is 4.39 Å². The van der Waals surface area contributed by atoms with Crippen molar-refractivity contribution in [1.29, 1.82) is 0 Å². The van der Waals surface area contributed by atoms with Gasteiger partial charge in [-0.2, -0.15) is 0 Å². The minimum atomic E-state index is -0.226. The number of hydrogen-bond acceptors (Lipinski definition) is 3. The molecule has 0 fully saturated rings. The van der Waals surface area contributed by atoms with E-state index in [9.17, 15) is 9.18 Å². The Morgan fingerprint density at radius 3 is 2.69 bits per heavy atom. The van der Waals surface area contributed by atoms with Gasteiger partial charge in [0.25, 0.3) is 5.91 Å². The molecule has 0 aromatic heterocycles. The van der Waals surface area contributed by atoms with Crippen molar-refractivity contribution < 1.29 is 9.18 Å². The number of nitrogens with one attached hydrogen (secondary N) is 1. The maximum Gasteiger partial charge on any atom is 0.251 e. The molecule has 3 aromatic rings. The Morgan fingerprint density at radius 1 is 1.10 bits per heavy atom. The average Bonchev–Trinajstić information content (AvgIpc) is 2.74. The molecule has 1 aliphatic rings. The van der Waals surface area contributed by atoms with Crippen molar-refractivity contribution in [2.24, 2.45) is 0 Å². The second-order valence-electron chi connectivity index (χ2n) is 7.19. The highest BCUT2D eigenvalue weighted by Gasteiger charge is 2.19. The quantitative estimate of drug-likeness (QED) is 0.634. The molecule has 5 heteroatoms. The topological polar surface area (TPSA) is 32.3 Å². The first-order chi connectivity index (χ1) is 14.1. The zero-order chi connectivity index (χ0) is 20.2. The number of hydrogen-bond donors (Lipinski definition) is 1. The van der Waals surface area contributed by atoms with E-state index in [0.29, 0.717) is 18.7 Å². The van der Waals surface area contributed by atoms with Crippen LogP contribution in [0.2, 0.25) is 0 Å². The van der Waals surface area contributed by atoms with E-state index in [4.69, 9.17) is 0 Å². The van der Waals surface area contributed by atoms with Crippen LogP contribution in [0.1, 0.15) is 27.0 Å². The van der Waals surface area contributed by atoms with Crippen LogP contribution in [0.4, 0.5) is 10.1 Å². The van der Waals surface area contributed by atoms with E-state index in [1.807, 2.05) is 61.5 Å². The molecule has 0 saturated carbocycles. The molecular formula is C24H23FN2OS. The van der Waals surface area contributed by atoms with Crippen LogP contribution >= 0.6 is 11.8 Å². The van der Waals surface area contributed by atoms with Gasteiger partial charge in [0.1, 0.15) is 5.82 Å². The third-order valence-electron chi connectivity index (χ3n) is 5.17. The first kappa shape index (κ1) is 19.5. The lowest BCUT2D eigenvalue weighted by atomic mass is 10.1. The van der Waals surface area contributed by atoms with Crippen LogP contribution in [0, 0.1) is 12.7 Å². The molecule has 4 rings (SSSR count). The summed E-state index contributed by atoms with van der Waals surface area (Å²) in [6.07, 6.45) is 0. The molecule has 3 nitrogen and oxygen atoms in total. The fourth-order valence-corrected chi connectivity index (χ4v) is 4.51.